The van der Waals surface area contributed by atoms with Crippen molar-refractivity contribution in [3.05, 3.63) is 86.9 Å². The predicted octanol–water partition coefficient (Wildman–Crippen LogP) is 7.00. The largest absolute Gasteiger partial charge is 0.480 e. The van der Waals surface area contributed by atoms with Crippen LogP contribution in [-0.2, 0) is 23.9 Å². The average molecular weight is 794 g/mol. The first-order valence-electron chi connectivity index (χ1n) is 18.3. The molecule has 2 aromatic heterocycles. The van der Waals surface area contributed by atoms with Crippen molar-refractivity contribution in [3.8, 4) is 28.3 Å². The Morgan fingerprint density at radius 3 is 2.43 bits per heavy atom. The van der Waals surface area contributed by atoms with Crippen LogP contribution in [0.3, 0.4) is 0 Å². The molecule has 1 saturated heterocycles. The van der Waals surface area contributed by atoms with Gasteiger partial charge in [-0.05, 0) is 54.7 Å². The smallest absolute Gasteiger partial charge is 0.274 e. The number of β-amino-alcohol motifs (C(OH)–C–C–N with tert-alkyl or cyclic N) is 1. The zero-order valence-electron chi connectivity index (χ0n) is 32.0. The predicted molar refractivity (Wildman–Crippen MR) is 216 cm³/mol. The molecule has 2 aliphatic rings. The molecule has 3 N–H and O–H groups in total. The summed E-state index contributed by atoms with van der Waals surface area (Å²) in [6.45, 7) is 16.8. The summed E-state index contributed by atoms with van der Waals surface area (Å²) in [6, 6.07) is 12.8. The molecule has 0 spiro atoms. The SMILES string of the molecule is COc1nc(-c2cccc(-c3cccc(NC(=O)c4cc(C)c5c(n4)CN(CC(O)CO)CC5)c3Cl)c2Cl)cnc1CN1CC(O[Si](C)(C)C(C)(C)C)C1. The number of aliphatic hydroxyl groups is 2. The number of methoxy groups -OCH3 is 1. The van der Waals surface area contributed by atoms with E-state index >= 15 is 0 Å². The Hall–Kier alpha value is -3.46. The van der Waals surface area contributed by atoms with E-state index in [2.05, 4.69) is 44.1 Å². The number of carbonyl (C=O) groups is 1. The van der Waals surface area contributed by atoms with Crippen molar-refractivity contribution in [2.45, 2.75) is 77.5 Å². The summed E-state index contributed by atoms with van der Waals surface area (Å²) in [5.41, 5.74) is 6.82. The van der Waals surface area contributed by atoms with E-state index < -0.39 is 20.3 Å². The van der Waals surface area contributed by atoms with Crippen LogP contribution in [0.25, 0.3) is 22.4 Å². The fraction of sp³-hybridized carbons (Fsp3) is 0.450. The third-order valence-electron chi connectivity index (χ3n) is 10.8. The molecule has 0 aliphatic carbocycles. The van der Waals surface area contributed by atoms with Crippen molar-refractivity contribution in [3.63, 3.8) is 0 Å². The number of nitrogens with one attached hydrogen (secondary N) is 1. The van der Waals surface area contributed by atoms with Crippen molar-refractivity contribution in [1.29, 1.82) is 0 Å². The molecule has 4 heterocycles. The lowest BCUT2D eigenvalue weighted by molar-refractivity contribution is 0.00441. The highest BCUT2D eigenvalue weighted by atomic mass is 35.5. The Balaban J connectivity index is 1.17. The number of fused-ring (bicyclic) bond motifs is 1. The summed E-state index contributed by atoms with van der Waals surface area (Å²) >= 11 is 14.0. The van der Waals surface area contributed by atoms with Crippen molar-refractivity contribution >= 4 is 43.1 Å². The molecule has 2 aromatic carbocycles. The van der Waals surface area contributed by atoms with Crippen LogP contribution < -0.4 is 10.1 Å². The van der Waals surface area contributed by atoms with Gasteiger partial charge in [-0.1, -0.05) is 74.3 Å². The third kappa shape index (κ3) is 8.66. The van der Waals surface area contributed by atoms with Gasteiger partial charge in [0.25, 0.3) is 5.91 Å². The lowest BCUT2D eigenvalue weighted by atomic mass is 9.98. The van der Waals surface area contributed by atoms with Gasteiger partial charge in [0.15, 0.2) is 8.32 Å². The van der Waals surface area contributed by atoms with Gasteiger partial charge in [-0.3, -0.25) is 19.6 Å². The minimum Gasteiger partial charge on any atom is -0.480 e. The van der Waals surface area contributed by atoms with Crippen molar-refractivity contribution in [2.75, 3.05) is 45.2 Å². The lowest BCUT2D eigenvalue weighted by Gasteiger charge is -2.46. The van der Waals surface area contributed by atoms with Crippen molar-refractivity contribution < 1.29 is 24.2 Å². The molecule has 288 valence electrons. The van der Waals surface area contributed by atoms with Gasteiger partial charge < -0.3 is 24.7 Å². The second-order valence-electron chi connectivity index (χ2n) is 15.8. The Labute approximate surface area is 328 Å². The van der Waals surface area contributed by atoms with Crippen LogP contribution >= 0.6 is 23.2 Å². The number of pyridine rings is 1. The standard InChI is InChI=1S/C40H50Cl2N6O5Si/c1-24-16-32(44-34-21-47(15-14-27(24)34)18-25(50)23-49)38(51)45-31-13-9-11-29(37(31)42)28-10-8-12-30(36(28)41)33-17-43-35(39(46-33)52-5)22-48-19-26(20-48)53-54(6,7)40(2,3)4/h8-13,16-17,25-26,49-50H,14-15,18-23H2,1-7H3,(H,45,51). The number of benzene rings is 2. The number of hydrogen-bond acceptors (Lipinski definition) is 10. The first kappa shape index (κ1) is 40.2. The summed E-state index contributed by atoms with van der Waals surface area (Å²) in [5.74, 6) is 0.0404. The molecule has 1 amide bonds. The van der Waals surface area contributed by atoms with Gasteiger partial charge in [-0.2, -0.15) is 0 Å². The van der Waals surface area contributed by atoms with E-state index in [4.69, 9.17) is 47.3 Å². The third-order valence-corrected chi connectivity index (χ3v) is 16.1. The van der Waals surface area contributed by atoms with E-state index in [-0.39, 0.29) is 23.4 Å². The normalized spacial score (nSPS) is 16.1. The monoisotopic (exact) mass is 792 g/mol. The average Bonchev–Trinajstić information content (AvgIpc) is 3.11. The number of halogens is 2. The van der Waals surface area contributed by atoms with Crippen LogP contribution in [0, 0.1) is 6.92 Å². The van der Waals surface area contributed by atoms with Gasteiger partial charge in [-0.15, -0.1) is 0 Å². The fourth-order valence-electron chi connectivity index (χ4n) is 6.72. The van der Waals surface area contributed by atoms with Crippen LogP contribution in [-0.4, -0.2) is 101 Å². The molecule has 11 nitrogen and oxygen atoms in total. The number of rotatable bonds is 12. The van der Waals surface area contributed by atoms with E-state index in [1.165, 1.54) is 0 Å². The Morgan fingerprint density at radius 2 is 1.74 bits per heavy atom. The fourth-order valence-corrected chi connectivity index (χ4v) is 8.65. The highest BCUT2D eigenvalue weighted by Gasteiger charge is 2.42. The number of aliphatic hydroxyl groups excluding tert-OH is 2. The second kappa shape index (κ2) is 16.3. The van der Waals surface area contributed by atoms with Gasteiger partial charge in [0.05, 0.1) is 59.2 Å². The summed E-state index contributed by atoms with van der Waals surface area (Å²) in [7, 11) is -0.241. The molecule has 6 rings (SSSR count). The number of aryl methyl sites for hydroxylation is 1. The highest BCUT2D eigenvalue weighted by molar-refractivity contribution is 6.74. The molecule has 1 atom stereocenters. The minimum absolute atomic E-state index is 0.166. The van der Waals surface area contributed by atoms with Gasteiger partial charge >= 0.3 is 0 Å². The van der Waals surface area contributed by atoms with Crippen molar-refractivity contribution in [2.24, 2.45) is 0 Å². The molecule has 1 unspecified atom stereocenters. The first-order valence-corrected chi connectivity index (χ1v) is 21.9. The molecule has 0 radical (unpaired) electrons. The Morgan fingerprint density at radius 1 is 1.06 bits per heavy atom. The molecule has 54 heavy (non-hydrogen) atoms. The topological polar surface area (TPSA) is 133 Å². The molecule has 2 aliphatic heterocycles. The minimum atomic E-state index is -1.83. The highest BCUT2D eigenvalue weighted by Crippen LogP contribution is 2.42. The molecule has 1 fully saturated rings. The van der Waals surface area contributed by atoms with Crippen LogP contribution in [0.15, 0.2) is 48.7 Å². The van der Waals surface area contributed by atoms with E-state index in [9.17, 15) is 15.0 Å². The van der Waals surface area contributed by atoms with E-state index in [0.29, 0.717) is 63.6 Å². The molecule has 14 heteroatoms. The number of likely N-dealkylation sites (tertiary alicyclic amines) is 1. The maximum atomic E-state index is 13.6. The summed E-state index contributed by atoms with van der Waals surface area (Å²) < 4.78 is 12.3. The number of aromatic nitrogens is 3. The molecule has 0 saturated carbocycles. The summed E-state index contributed by atoms with van der Waals surface area (Å²) in [4.78, 5) is 32.1. The first-order chi connectivity index (χ1) is 25.6. The Kier molecular flexibility index (Phi) is 12.2. The number of ether oxygens (including phenoxy) is 1. The maximum absolute atomic E-state index is 13.6. The molecular weight excluding hydrogens is 743 g/mol. The second-order valence-corrected chi connectivity index (χ2v) is 21.3. The van der Waals surface area contributed by atoms with E-state index in [0.717, 1.165) is 48.6 Å². The summed E-state index contributed by atoms with van der Waals surface area (Å²) in [6.07, 6.45) is 1.85. The zero-order chi connectivity index (χ0) is 38.9. The molecular formula is C40H50Cl2N6O5Si. The van der Waals surface area contributed by atoms with Crippen LogP contribution in [0.1, 0.15) is 53.8 Å². The summed E-state index contributed by atoms with van der Waals surface area (Å²) in [5, 5.41) is 23.1. The number of nitrogens with zero attached hydrogens (tertiary/aromatic N) is 5. The Bertz CT molecular complexity index is 2020. The quantitative estimate of drug-likeness (QED) is 0.129. The van der Waals surface area contributed by atoms with E-state index in [1.54, 1.807) is 25.4 Å². The number of carbonyl (C=O) groups excluding carboxylic acids is 1. The van der Waals surface area contributed by atoms with Crippen molar-refractivity contribution in [1.82, 2.24) is 24.8 Å². The van der Waals surface area contributed by atoms with E-state index in [1.807, 2.05) is 42.2 Å². The molecule has 4 aromatic rings. The lowest BCUT2D eigenvalue weighted by Crippen LogP contribution is -2.57. The number of amides is 1. The van der Waals surface area contributed by atoms with Gasteiger partial charge in [0.2, 0.25) is 5.88 Å². The number of anilines is 1. The van der Waals surface area contributed by atoms with Gasteiger partial charge in [0, 0.05) is 56.0 Å². The molecule has 0 bridgehead atoms. The van der Waals surface area contributed by atoms with Gasteiger partial charge in [0.1, 0.15) is 11.4 Å². The van der Waals surface area contributed by atoms with Crippen LogP contribution in [0.2, 0.25) is 28.2 Å². The van der Waals surface area contributed by atoms with Crippen LogP contribution in [0.4, 0.5) is 5.69 Å². The zero-order valence-corrected chi connectivity index (χ0v) is 34.6. The maximum Gasteiger partial charge on any atom is 0.274 e. The number of hydrogen-bond donors (Lipinski definition) is 3. The van der Waals surface area contributed by atoms with Gasteiger partial charge in [-0.25, -0.2) is 9.97 Å². The van der Waals surface area contributed by atoms with Crippen LogP contribution in [0.5, 0.6) is 5.88 Å².